The summed E-state index contributed by atoms with van der Waals surface area (Å²) in [6.07, 6.45) is -1.48. The molecule has 0 saturated carbocycles. The number of aliphatic hydroxyl groups is 1. The van der Waals surface area contributed by atoms with Crippen LogP contribution in [-0.2, 0) is 9.53 Å². The van der Waals surface area contributed by atoms with Crippen molar-refractivity contribution in [2.75, 3.05) is 0 Å². The zero-order chi connectivity index (χ0) is 13.4. The Morgan fingerprint density at radius 1 is 1.47 bits per heavy atom. The van der Waals surface area contributed by atoms with Crippen molar-refractivity contribution < 1.29 is 19.4 Å². The Morgan fingerprint density at radius 2 is 2.00 bits per heavy atom. The van der Waals surface area contributed by atoms with Gasteiger partial charge in [0.2, 0.25) is 5.91 Å². The van der Waals surface area contributed by atoms with Crippen molar-refractivity contribution in [2.24, 2.45) is 5.92 Å². The number of carbonyl (C=O) groups is 2. The maximum Gasteiger partial charge on any atom is 0.417 e. The summed E-state index contributed by atoms with van der Waals surface area (Å²) in [6.45, 7) is 8.96. The van der Waals surface area contributed by atoms with Gasteiger partial charge >= 0.3 is 6.09 Å². The average molecular weight is 243 g/mol. The Balaban J connectivity index is 2.86. The molecule has 0 aliphatic carbocycles. The van der Waals surface area contributed by atoms with E-state index in [1.54, 1.807) is 20.8 Å². The molecule has 1 saturated heterocycles. The van der Waals surface area contributed by atoms with Crippen LogP contribution >= 0.6 is 0 Å². The molecule has 1 heterocycles. The minimum Gasteiger partial charge on any atom is -0.443 e. The van der Waals surface area contributed by atoms with Gasteiger partial charge in [-0.05, 0) is 26.7 Å². The van der Waals surface area contributed by atoms with E-state index in [0.29, 0.717) is 0 Å². The third-order valence-electron chi connectivity index (χ3n) is 2.62. The molecule has 2 amide bonds. The topological polar surface area (TPSA) is 66.8 Å². The van der Waals surface area contributed by atoms with Gasteiger partial charge in [0.1, 0.15) is 5.60 Å². The summed E-state index contributed by atoms with van der Waals surface area (Å²) in [6, 6.07) is -0.489. The molecule has 5 nitrogen and oxygen atoms in total. The van der Waals surface area contributed by atoms with Crippen LogP contribution in [0.1, 0.15) is 41.0 Å². The quantitative estimate of drug-likeness (QED) is 0.758. The SMILES string of the molecule is CC(C)[C@H]1[C@@H](O)CC(=O)N1C(=O)OC(C)(C)C. The summed E-state index contributed by atoms with van der Waals surface area (Å²) >= 11 is 0. The lowest BCUT2D eigenvalue weighted by Gasteiger charge is -2.30. The van der Waals surface area contributed by atoms with Gasteiger partial charge in [0, 0.05) is 0 Å². The second-order valence-corrected chi connectivity index (χ2v) is 5.75. The van der Waals surface area contributed by atoms with Crippen LogP contribution in [0.5, 0.6) is 0 Å². The zero-order valence-corrected chi connectivity index (χ0v) is 11.1. The highest BCUT2D eigenvalue weighted by molar-refractivity contribution is 5.94. The van der Waals surface area contributed by atoms with E-state index in [-0.39, 0.29) is 18.2 Å². The predicted molar refractivity (Wildman–Crippen MR) is 62.3 cm³/mol. The van der Waals surface area contributed by atoms with Crippen LogP contribution in [0.25, 0.3) is 0 Å². The summed E-state index contributed by atoms with van der Waals surface area (Å²) in [5, 5.41) is 9.78. The van der Waals surface area contributed by atoms with E-state index >= 15 is 0 Å². The van der Waals surface area contributed by atoms with Gasteiger partial charge in [-0.2, -0.15) is 0 Å². The van der Waals surface area contributed by atoms with Crippen molar-refractivity contribution in [1.29, 1.82) is 0 Å². The molecule has 0 bridgehead atoms. The van der Waals surface area contributed by atoms with Gasteiger partial charge < -0.3 is 9.84 Å². The van der Waals surface area contributed by atoms with Gasteiger partial charge in [0.25, 0.3) is 0 Å². The van der Waals surface area contributed by atoms with Gasteiger partial charge in [-0.15, -0.1) is 0 Å². The Bertz CT molecular complexity index is 319. The first kappa shape index (κ1) is 14.0. The third-order valence-corrected chi connectivity index (χ3v) is 2.62. The van der Waals surface area contributed by atoms with Crippen molar-refractivity contribution in [1.82, 2.24) is 4.90 Å². The van der Waals surface area contributed by atoms with Crippen LogP contribution in [0, 0.1) is 5.92 Å². The average Bonchev–Trinajstić information content (AvgIpc) is 2.37. The molecule has 0 aromatic rings. The van der Waals surface area contributed by atoms with Crippen molar-refractivity contribution in [3.8, 4) is 0 Å². The standard InChI is InChI=1S/C12H21NO4/c1-7(2)10-8(14)6-9(15)13(10)11(16)17-12(3,4)5/h7-8,10,14H,6H2,1-5H3/t8-,10-/m0/s1. The van der Waals surface area contributed by atoms with Crippen LogP contribution in [0.3, 0.4) is 0 Å². The fourth-order valence-corrected chi connectivity index (χ4v) is 2.01. The molecular formula is C12H21NO4. The molecular weight excluding hydrogens is 222 g/mol. The van der Waals surface area contributed by atoms with Crippen molar-refractivity contribution >= 4 is 12.0 Å². The molecule has 0 aromatic heterocycles. The molecule has 5 heteroatoms. The lowest BCUT2D eigenvalue weighted by atomic mass is 10.00. The van der Waals surface area contributed by atoms with Gasteiger partial charge in [-0.3, -0.25) is 4.79 Å². The molecule has 0 spiro atoms. The fourth-order valence-electron chi connectivity index (χ4n) is 2.01. The number of amides is 2. The molecule has 98 valence electrons. The minimum absolute atomic E-state index is 0.00367. The Kier molecular flexibility index (Phi) is 3.81. The van der Waals surface area contributed by atoms with Crippen LogP contribution in [-0.4, -0.2) is 39.8 Å². The Morgan fingerprint density at radius 3 is 2.41 bits per heavy atom. The van der Waals surface area contributed by atoms with Crippen molar-refractivity contribution in [3.63, 3.8) is 0 Å². The molecule has 1 N–H and O–H groups in total. The van der Waals surface area contributed by atoms with E-state index in [1.807, 2.05) is 13.8 Å². The number of likely N-dealkylation sites (tertiary alicyclic amines) is 1. The van der Waals surface area contributed by atoms with Gasteiger partial charge in [-0.25, -0.2) is 9.69 Å². The van der Waals surface area contributed by atoms with Crippen LogP contribution in [0.2, 0.25) is 0 Å². The normalized spacial score (nSPS) is 25.6. The number of imide groups is 1. The lowest BCUT2D eigenvalue weighted by molar-refractivity contribution is -0.128. The van der Waals surface area contributed by atoms with Gasteiger partial charge in [0.15, 0.2) is 0 Å². The first-order chi connectivity index (χ1) is 7.63. The monoisotopic (exact) mass is 243 g/mol. The number of hydrogen-bond acceptors (Lipinski definition) is 4. The summed E-state index contributed by atoms with van der Waals surface area (Å²) in [5.74, 6) is -0.366. The molecule has 0 aromatic carbocycles. The molecule has 0 radical (unpaired) electrons. The van der Waals surface area contributed by atoms with Gasteiger partial charge in [-0.1, -0.05) is 13.8 Å². The van der Waals surface area contributed by atoms with E-state index in [1.165, 1.54) is 0 Å². The first-order valence-corrected chi connectivity index (χ1v) is 5.86. The molecule has 1 fully saturated rings. The first-order valence-electron chi connectivity index (χ1n) is 5.86. The molecule has 2 atom stereocenters. The molecule has 0 unspecified atom stereocenters. The van der Waals surface area contributed by atoms with E-state index < -0.39 is 23.8 Å². The Hall–Kier alpha value is -1.10. The number of aliphatic hydroxyl groups excluding tert-OH is 1. The summed E-state index contributed by atoms with van der Waals surface area (Å²) in [5.41, 5.74) is -0.646. The summed E-state index contributed by atoms with van der Waals surface area (Å²) in [4.78, 5) is 24.7. The highest BCUT2D eigenvalue weighted by atomic mass is 16.6. The zero-order valence-electron chi connectivity index (χ0n) is 11.1. The van der Waals surface area contributed by atoms with Crippen LogP contribution in [0.4, 0.5) is 4.79 Å². The molecule has 1 rings (SSSR count). The third kappa shape index (κ3) is 3.19. The Labute approximate surface area is 102 Å². The number of hydrogen-bond donors (Lipinski definition) is 1. The predicted octanol–water partition coefficient (Wildman–Crippen LogP) is 1.54. The van der Waals surface area contributed by atoms with Crippen molar-refractivity contribution in [2.45, 2.75) is 58.8 Å². The number of nitrogens with zero attached hydrogens (tertiary/aromatic N) is 1. The second kappa shape index (κ2) is 4.64. The smallest absolute Gasteiger partial charge is 0.417 e. The van der Waals surface area contributed by atoms with Crippen molar-refractivity contribution in [3.05, 3.63) is 0 Å². The summed E-state index contributed by atoms with van der Waals surface area (Å²) in [7, 11) is 0. The minimum atomic E-state index is -0.796. The second-order valence-electron chi connectivity index (χ2n) is 5.75. The van der Waals surface area contributed by atoms with E-state index in [2.05, 4.69) is 0 Å². The largest absolute Gasteiger partial charge is 0.443 e. The maximum absolute atomic E-state index is 11.9. The fraction of sp³-hybridized carbons (Fsp3) is 0.833. The highest BCUT2D eigenvalue weighted by Gasteiger charge is 2.45. The summed E-state index contributed by atoms with van der Waals surface area (Å²) < 4.78 is 5.18. The number of carbonyl (C=O) groups excluding carboxylic acids is 2. The maximum atomic E-state index is 11.9. The van der Waals surface area contributed by atoms with E-state index in [9.17, 15) is 14.7 Å². The number of ether oxygens (including phenoxy) is 1. The molecule has 1 aliphatic rings. The molecule has 1 aliphatic heterocycles. The van der Waals surface area contributed by atoms with E-state index in [0.717, 1.165) is 4.90 Å². The van der Waals surface area contributed by atoms with Crippen LogP contribution < -0.4 is 0 Å². The lowest BCUT2D eigenvalue weighted by Crippen LogP contribution is -2.46. The van der Waals surface area contributed by atoms with E-state index in [4.69, 9.17) is 4.74 Å². The number of rotatable bonds is 1. The van der Waals surface area contributed by atoms with Gasteiger partial charge in [0.05, 0.1) is 18.6 Å². The molecule has 17 heavy (non-hydrogen) atoms. The van der Waals surface area contributed by atoms with Crippen LogP contribution in [0.15, 0.2) is 0 Å². The highest BCUT2D eigenvalue weighted by Crippen LogP contribution is 2.27.